The van der Waals surface area contributed by atoms with E-state index in [1.165, 1.54) is 19.3 Å². The van der Waals surface area contributed by atoms with Gasteiger partial charge in [0.1, 0.15) is 0 Å². The smallest absolute Gasteiger partial charge is 0.0330 e. The number of likely N-dealkylation sites (N-methyl/N-ethyl adjacent to an activating group) is 2. The summed E-state index contributed by atoms with van der Waals surface area (Å²) in [6, 6.07) is 0. The topological polar surface area (TPSA) is 6.48 Å². The molecule has 1 aliphatic rings. The lowest BCUT2D eigenvalue weighted by Gasteiger charge is -2.49. The predicted molar refractivity (Wildman–Crippen MR) is 61.2 cm³/mol. The first-order chi connectivity index (χ1) is 6.60. The number of hydrogen-bond acceptors (Lipinski definition) is 2. The standard InChI is InChI=1S/C12H22N2/c1-5-6-10-14(4)11-12(13(2)3)8-7-9-12/h1H,6-11H2,2-4H3. The first kappa shape index (κ1) is 11.6. The van der Waals surface area contributed by atoms with Crippen molar-refractivity contribution in [1.29, 1.82) is 0 Å². The Morgan fingerprint density at radius 1 is 1.29 bits per heavy atom. The van der Waals surface area contributed by atoms with E-state index in [9.17, 15) is 0 Å². The number of rotatable bonds is 5. The fraction of sp³-hybridized carbons (Fsp3) is 0.833. The van der Waals surface area contributed by atoms with Gasteiger partial charge in [0.25, 0.3) is 0 Å². The molecule has 0 radical (unpaired) electrons. The van der Waals surface area contributed by atoms with Crippen LogP contribution in [0.1, 0.15) is 25.7 Å². The van der Waals surface area contributed by atoms with E-state index in [4.69, 9.17) is 6.42 Å². The highest BCUT2D eigenvalue weighted by Gasteiger charge is 2.39. The van der Waals surface area contributed by atoms with Crippen molar-refractivity contribution in [2.24, 2.45) is 0 Å². The Hall–Kier alpha value is -0.520. The van der Waals surface area contributed by atoms with Crippen molar-refractivity contribution in [3.05, 3.63) is 0 Å². The van der Waals surface area contributed by atoms with E-state index in [1.807, 2.05) is 0 Å². The molecule has 0 aliphatic heterocycles. The van der Waals surface area contributed by atoms with Crippen molar-refractivity contribution in [3.8, 4) is 12.3 Å². The molecule has 0 aromatic rings. The Bertz CT molecular complexity index is 211. The second kappa shape index (κ2) is 4.82. The van der Waals surface area contributed by atoms with Crippen molar-refractivity contribution < 1.29 is 0 Å². The third kappa shape index (κ3) is 2.50. The Labute approximate surface area is 88.3 Å². The average molecular weight is 194 g/mol. The number of nitrogens with zero attached hydrogens (tertiary/aromatic N) is 2. The molecule has 0 spiro atoms. The van der Waals surface area contributed by atoms with Crippen LogP contribution >= 0.6 is 0 Å². The molecule has 0 saturated heterocycles. The van der Waals surface area contributed by atoms with E-state index in [2.05, 4.69) is 36.9 Å². The van der Waals surface area contributed by atoms with Gasteiger partial charge in [0.05, 0.1) is 0 Å². The molecule has 0 heterocycles. The molecule has 2 nitrogen and oxygen atoms in total. The van der Waals surface area contributed by atoms with Crippen LogP contribution in [0.15, 0.2) is 0 Å². The second-order valence-corrected chi connectivity index (χ2v) is 4.66. The molecule has 0 unspecified atom stereocenters. The maximum atomic E-state index is 5.26. The van der Waals surface area contributed by atoms with Crippen LogP contribution in [0.25, 0.3) is 0 Å². The van der Waals surface area contributed by atoms with Gasteiger partial charge in [0, 0.05) is 25.0 Å². The van der Waals surface area contributed by atoms with Crippen molar-refractivity contribution in [1.82, 2.24) is 9.80 Å². The molecule has 1 aliphatic carbocycles. The fourth-order valence-electron chi connectivity index (χ4n) is 2.17. The van der Waals surface area contributed by atoms with Crippen LogP contribution in [-0.4, -0.2) is 49.6 Å². The summed E-state index contributed by atoms with van der Waals surface area (Å²) in [6.45, 7) is 2.17. The Balaban J connectivity index is 2.37. The van der Waals surface area contributed by atoms with Gasteiger partial charge in [-0.2, -0.15) is 0 Å². The normalized spacial score (nSPS) is 19.4. The van der Waals surface area contributed by atoms with E-state index < -0.39 is 0 Å². The summed E-state index contributed by atoms with van der Waals surface area (Å²) in [5.74, 6) is 2.69. The zero-order chi connectivity index (χ0) is 10.6. The molecule has 0 bridgehead atoms. The molecular formula is C12H22N2. The van der Waals surface area contributed by atoms with Gasteiger partial charge in [0.2, 0.25) is 0 Å². The van der Waals surface area contributed by atoms with Gasteiger partial charge >= 0.3 is 0 Å². The highest BCUT2D eigenvalue weighted by atomic mass is 15.2. The van der Waals surface area contributed by atoms with Gasteiger partial charge in [-0.3, -0.25) is 0 Å². The molecule has 0 aromatic carbocycles. The highest BCUT2D eigenvalue weighted by molar-refractivity contribution is 4.98. The molecule has 2 heteroatoms. The summed E-state index contributed by atoms with van der Waals surface area (Å²) in [5.41, 5.74) is 0.434. The molecule has 0 atom stereocenters. The van der Waals surface area contributed by atoms with Gasteiger partial charge in [0.15, 0.2) is 0 Å². The molecule has 1 rings (SSSR count). The summed E-state index contributed by atoms with van der Waals surface area (Å²) in [7, 11) is 6.54. The van der Waals surface area contributed by atoms with Crippen LogP contribution in [-0.2, 0) is 0 Å². The first-order valence-corrected chi connectivity index (χ1v) is 5.40. The van der Waals surface area contributed by atoms with Crippen molar-refractivity contribution >= 4 is 0 Å². The van der Waals surface area contributed by atoms with E-state index in [0.29, 0.717) is 5.54 Å². The van der Waals surface area contributed by atoms with E-state index in [-0.39, 0.29) is 0 Å². The van der Waals surface area contributed by atoms with Crippen molar-refractivity contribution in [3.63, 3.8) is 0 Å². The van der Waals surface area contributed by atoms with Gasteiger partial charge in [-0.25, -0.2) is 0 Å². The SMILES string of the molecule is C#CCCN(C)CC1(N(C)C)CCC1. The summed E-state index contributed by atoms with van der Waals surface area (Å²) in [5, 5.41) is 0. The first-order valence-electron chi connectivity index (χ1n) is 5.40. The molecule has 80 valence electrons. The summed E-state index contributed by atoms with van der Waals surface area (Å²) in [4.78, 5) is 4.74. The summed E-state index contributed by atoms with van der Waals surface area (Å²) in [6.07, 6.45) is 10.2. The maximum absolute atomic E-state index is 5.26. The zero-order valence-corrected chi connectivity index (χ0v) is 9.71. The largest absolute Gasteiger partial charge is 0.304 e. The minimum atomic E-state index is 0.434. The van der Waals surface area contributed by atoms with Gasteiger partial charge in [-0.05, 0) is 40.4 Å². The third-order valence-corrected chi connectivity index (χ3v) is 3.44. The lowest BCUT2D eigenvalue weighted by molar-refractivity contribution is 0.0285. The van der Waals surface area contributed by atoms with Gasteiger partial charge in [-0.1, -0.05) is 0 Å². The Kier molecular flexibility index (Phi) is 3.97. The maximum Gasteiger partial charge on any atom is 0.0330 e. The fourth-order valence-corrected chi connectivity index (χ4v) is 2.17. The number of hydrogen-bond donors (Lipinski definition) is 0. The minimum Gasteiger partial charge on any atom is -0.304 e. The van der Waals surface area contributed by atoms with Gasteiger partial charge < -0.3 is 9.80 Å². The quantitative estimate of drug-likeness (QED) is 0.611. The summed E-state index contributed by atoms with van der Waals surface area (Å²) >= 11 is 0. The van der Waals surface area contributed by atoms with Crippen LogP contribution in [0.5, 0.6) is 0 Å². The van der Waals surface area contributed by atoms with E-state index in [1.54, 1.807) is 0 Å². The van der Waals surface area contributed by atoms with Crippen LogP contribution < -0.4 is 0 Å². The Morgan fingerprint density at radius 2 is 1.93 bits per heavy atom. The molecule has 0 amide bonds. The zero-order valence-electron chi connectivity index (χ0n) is 9.71. The lowest BCUT2D eigenvalue weighted by atomic mass is 9.75. The van der Waals surface area contributed by atoms with Crippen LogP contribution in [0.4, 0.5) is 0 Å². The monoisotopic (exact) mass is 194 g/mol. The molecular weight excluding hydrogens is 172 g/mol. The predicted octanol–water partition coefficient (Wildman–Crippen LogP) is 1.43. The molecule has 1 fully saturated rings. The lowest BCUT2D eigenvalue weighted by Crippen LogP contribution is -2.56. The van der Waals surface area contributed by atoms with E-state index >= 15 is 0 Å². The van der Waals surface area contributed by atoms with Crippen LogP contribution in [0.3, 0.4) is 0 Å². The Morgan fingerprint density at radius 3 is 2.29 bits per heavy atom. The molecule has 14 heavy (non-hydrogen) atoms. The third-order valence-electron chi connectivity index (χ3n) is 3.44. The highest BCUT2D eigenvalue weighted by Crippen LogP contribution is 2.36. The van der Waals surface area contributed by atoms with Crippen LogP contribution in [0, 0.1) is 12.3 Å². The van der Waals surface area contributed by atoms with Crippen molar-refractivity contribution in [2.45, 2.75) is 31.2 Å². The number of terminal acetylenes is 1. The second-order valence-electron chi connectivity index (χ2n) is 4.66. The molecule has 0 N–H and O–H groups in total. The average Bonchev–Trinajstić information content (AvgIpc) is 2.07. The van der Waals surface area contributed by atoms with Crippen molar-refractivity contribution in [2.75, 3.05) is 34.2 Å². The van der Waals surface area contributed by atoms with Gasteiger partial charge in [-0.15, -0.1) is 12.3 Å². The molecule has 0 aromatic heterocycles. The minimum absolute atomic E-state index is 0.434. The van der Waals surface area contributed by atoms with E-state index in [0.717, 1.165) is 19.5 Å². The van der Waals surface area contributed by atoms with Crippen LogP contribution in [0.2, 0.25) is 0 Å². The molecule has 1 saturated carbocycles. The summed E-state index contributed by atoms with van der Waals surface area (Å²) < 4.78 is 0.